The van der Waals surface area contributed by atoms with Crippen LogP contribution in [0.15, 0.2) is 0 Å². The van der Waals surface area contributed by atoms with Gasteiger partial charge < -0.3 is 0 Å². The van der Waals surface area contributed by atoms with E-state index in [0.29, 0.717) is 12.5 Å². The van der Waals surface area contributed by atoms with Crippen LogP contribution in [0.4, 0.5) is 0 Å². The Labute approximate surface area is 96.2 Å². The highest BCUT2D eigenvalue weighted by Crippen LogP contribution is 2.76. The third-order valence-corrected chi connectivity index (χ3v) is 6.13. The molecule has 3 aliphatic rings. The van der Waals surface area contributed by atoms with Gasteiger partial charge in [0.1, 0.15) is 0 Å². The molecule has 0 unspecified atom stereocenters. The largest absolute Gasteiger partial charge is 0.282 e. The Balaban J connectivity index is 2.25. The predicted octanol–water partition coefficient (Wildman–Crippen LogP) is 1.82. The zero-order valence-corrected chi connectivity index (χ0v) is 10.5. The molecule has 2 bridgehead atoms. The standard InChI is InChI=1S/C13H19NO2/c1-11(2)8-6-5-7-14-9(15)12(8,3)13(11,4)10(14)16/h8H,5-7H2,1-4H3/t8-,12+,13+/m1/s1. The maximum Gasteiger partial charge on any atom is 0.236 e. The van der Waals surface area contributed by atoms with E-state index in [9.17, 15) is 9.59 Å². The van der Waals surface area contributed by atoms with Crippen molar-refractivity contribution in [3.05, 3.63) is 0 Å². The fraction of sp³-hybridized carbons (Fsp3) is 0.846. The van der Waals surface area contributed by atoms with Crippen LogP contribution in [0, 0.1) is 22.2 Å². The van der Waals surface area contributed by atoms with E-state index in [2.05, 4.69) is 13.8 Å². The molecule has 2 aliphatic heterocycles. The van der Waals surface area contributed by atoms with Gasteiger partial charge in [0.15, 0.2) is 0 Å². The van der Waals surface area contributed by atoms with Crippen LogP contribution in [0.5, 0.6) is 0 Å². The monoisotopic (exact) mass is 221 g/mol. The second-order valence-electron chi connectivity index (χ2n) is 6.51. The van der Waals surface area contributed by atoms with E-state index in [1.54, 1.807) is 0 Å². The molecule has 2 saturated heterocycles. The van der Waals surface area contributed by atoms with Gasteiger partial charge in [0.05, 0.1) is 10.8 Å². The second kappa shape index (κ2) is 2.36. The molecule has 88 valence electrons. The van der Waals surface area contributed by atoms with Crippen LogP contribution < -0.4 is 0 Å². The number of fused-ring (bicyclic) bond motifs is 1. The summed E-state index contributed by atoms with van der Waals surface area (Å²) in [6.45, 7) is 8.94. The molecule has 2 heterocycles. The molecule has 1 aliphatic carbocycles. The van der Waals surface area contributed by atoms with E-state index in [1.165, 1.54) is 4.90 Å². The van der Waals surface area contributed by atoms with Gasteiger partial charge in [-0.05, 0) is 38.0 Å². The van der Waals surface area contributed by atoms with Crippen molar-refractivity contribution in [3.63, 3.8) is 0 Å². The molecule has 0 radical (unpaired) electrons. The Bertz CT molecular complexity index is 414. The van der Waals surface area contributed by atoms with Crippen molar-refractivity contribution in [1.82, 2.24) is 4.90 Å². The molecule has 2 amide bonds. The summed E-state index contributed by atoms with van der Waals surface area (Å²) in [6.07, 6.45) is 2.05. The first-order valence-electron chi connectivity index (χ1n) is 6.16. The van der Waals surface area contributed by atoms with Gasteiger partial charge in [-0.15, -0.1) is 0 Å². The molecule has 3 nitrogen and oxygen atoms in total. The van der Waals surface area contributed by atoms with Crippen molar-refractivity contribution in [2.24, 2.45) is 22.2 Å². The molecule has 3 heteroatoms. The lowest BCUT2D eigenvalue weighted by Crippen LogP contribution is -2.69. The average Bonchev–Trinajstić information content (AvgIpc) is 2.35. The molecule has 0 spiro atoms. The Kier molecular flexibility index (Phi) is 1.52. The van der Waals surface area contributed by atoms with Gasteiger partial charge in [0.25, 0.3) is 0 Å². The number of amides is 2. The van der Waals surface area contributed by atoms with Gasteiger partial charge in [0.2, 0.25) is 11.8 Å². The average molecular weight is 221 g/mol. The van der Waals surface area contributed by atoms with Crippen molar-refractivity contribution >= 4 is 11.8 Å². The molecular weight excluding hydrogens is 202 g/mol. The third kappa shape index (κ3) is 0.637. The summed E-state index contributed by atoms with van der Waals surface area (Å²) in [6, 6.07) is 0. The number of hydrogen-bond acceptors (Lipinski definition) is 2. The Morgan fingerprint density at radius 1 is 1.12 bits per heavy atom. The number of nitrogens with zero attached hydrogens (tertiary/aromatic N) is 1. The van der Waals surface area contributed by atoms with Crippen LogP contribution in [0.1, 0.15) is 40.5 Å². The van der Waals surface area contributed by atoms with Gasteiger partial charge in [-0.3, -0.25) is 14.5 Å². The van der Waals surface area contributed by atoms with Crippen molar-refractivity contribution < 1.29 is 9.59 Å². The lowest BCUT2D eigenvalue weighted by atomic mass is 9.33. The zero-order chi connectivity index (χ0) is 11.9. The molecule has 0 aromatic heterocycles. The smallest absolute Gasteiger partial charge is 0.236 e. The van der Waals surface area contributed by atoms with Crippen LogP contribution in [-0.2, 0) is 9.59 Å². The maximum atomic E-state index is 12.4. The van der Waals surface area contributed by atoms with Crippen LogP contribution in [0.2, 0.25) is 0 Å². The van der Waals surface area contributed by atoms with Gasteiger partial charge in [-0.2, -0.15) is 0 Å². The first kappa shape index (κ1) is 10.3. The van der Waals surface area contributed by atoms with Crippen LogP contribution >= 0.6 is 0 Å². The molecule has 3 rings (SSSR count). The first-order valence-corrected chi connectivity index (χ1v) is 6.16. The summed E-state index contributed by atoms with van der Waals surface area (Å²) in [4.78, 5) is 26.3. The fourth-order valence-electron chi connectivity index (χ4n) is 4.82. The zero-order valence-electron chi connectivity index (χ0n) is 10.5. The highest BCUT2D eigenvalue weighted by Gasteiger charge is 2.82. The van der Waals surface area contributed by atoms with Gasteiger partial charge >= 0.3 is 0 Å². The van der Waals surface area contributed by atoms with Crippen LogP contribution in [0.3, 0.4) is 0 Å². The predicted molar refractivity (Wildman–Crippen MR) is 59.4 cm³/mol. The minimum atomic E-state index is -0.470. The second-order valence-corrected chi connectivity index (χ2v) is 6.51. The van der Waals surface area contributed by atoms with Crippen molar-refractivity contribution in [3.8, 4) is 0 Å². The minimum absolute atomic E-state index is 0.0380. The third-order valence-electron chi connectivity index (χ3n) is 6.13. The van der Waals surface area contributed by atoms with E-state index >= 15 is 0 Å². The van der Waals surface area contributed by atoms with E-state index in [-0.39, 0.29) is 17.2 Å². The van der Waals surface area contributed by atoms with Gasteiger partial charge in [-0.1, -0.05) is 13.8 Å². The van der Waals surface area contributed by atoms with Crippen molar-refractivity contribution in [2.45, 2.75) is 40.5 Å². The van der Waals surface area contributed by atoms with Crippen molar-refractivity contribution in [2.75, 3.05) is 6.54 Å². The summed E-state index contributed by atoms with van der Waals surface area (Å²) in [5.41, 5.74) is -0.935. The number of rotatable bonds is 0. The Hall–Kier alpha value is -0.860. The highest BCUT2D eigenvalue weighted by molar-refractivity contribution is 6.12. The molecular formula is C13H19NO2. The Morgan fingerprint density at radius 2 is 1.75 bits per heavy atom. The van der Waals surface area contributed by atoms with E-state index < -0.39 is 10.8 Å². The maximum absolute atomic E-state index is 12.4. The summed E-state index contributed by atoms with van der Waals surface area (Å²) in [5.74, 6) is 0.525. The molecule has 0 N–H and O–H groups in total. The van der Waals surface area contributed by atoms with Crippen LogP contribution in [0.25, 0.3) is 0 Å². The first-order chi connectivity index (χ1) is 7.29. The fourth-order valence-corrected chi connectivity index (χ4v) is 4.82. The molecule has 0 aromatic carbocycles. The van der Waals surface area contributed by atoms with Gasteiger partial charge in [-0.25, -0.2) is 0 Å². The number of carbonyl (C=O) groups excluding carboxylic acids is 2. The normalized spacial score (nSPS) is 49.0. The number of hydrogen-bond donors (Lipinski definition) is 0. The van der Waals surface area contributed by atoms with E-state index in [4.69, 9.17) is 0 Å². The summed E-state index contributed by atoms with van der Waals surface area (Å²) >= 11 is 0. The van der Waals surface area contributed by atoms with Gasteiger partial charge in [0, 0.05) is 6.54 Å². The summed E-state index contributed by atoms with van der Waals surface area (Å²) in [7, 11) is 0. The molecule has 0 aromatic rings. The Morgan fingerprint density at radius 3 is 2.38 bits per heavy atom. The van der Waals surface area contributed by atoms with E-state index in [0.717, 1.165) is 12.8 Å². The molecule has 1 saturated carbocycles. The number of imide groups is 1. The lowest BCUT2D eigenvalue weighted by molar-refractivity contribution is -0.218. The van der Waals surface area contributed by atoms with Crippen LogP contribution in [-0.4, -0.2) is 23.3 Å². The molecule has 16 heavy (non-hydrogen) atoms. The minimum Gasteiger partial charge on any atom is -0.282 e. The molecule has 3 fully saturated rings. The SMILES string of the molecule is CC1(C)[C@H]2CCCN3C(=O)[C@]1(C)[C@]2(C)C3=O. The summed E-state index contributed by atoms with van der Waals surface area (Å²) in [5, 5.41) is 0. The number of carbonyl (C=O) groups is 2. The topological polar surface area (TPSA) is 37.4 Å². The quantitative estimate of drug-likeness (QED) is 0.585. The highest BCUT2D eigenvalue weighted by atomic mass is 16.2. The molecule has 3 atom stereocenters. The van der Waals surface area contributed by atoms with Crippen molar-refractivity contribution in [1.29, 1.82) is 0 Å². The lowest BCUT2D eigenvalue weighted by Gasteiger charge is -2.66. The summed E-state index contributed by atoms with van der Waals surface area (Å²) < 4.78 is 0. The van der Waals surface area contributed by atoms with E-state index in [1.807, 2.05) is 13.8 Å².